The fourth-order valence-corrected chi connectivity index (χ4v) is 3.35. The maximum absolute atomic E-state index is 13.0. The molecule has 0 aliphatic heterocycles. The number of nitrogens with one attached hydrogen (secondary N) is 1. The lowest BCUT2D eigenvalue weighted by Crippen LogP contribution is -2.50. The van der Waals surface area contributed by atoms with E-state index in [1.54, 1.807) is 6.07 Å². The van der Waals surface area contributed by atoms with Crippen molar-refractivity contribution in [2.24, 2.45) is 5.41 Å². The summed E-state index contributed by atoms with van der Waals surface area (Å²) in [7, 11) is 0. The van der Waals surface area contributed by atoms with Crippen LogP contribution in [0.2, 0.25) is 0 Å². The van der Waals surface area contributed by atoms with Gasteiger partial charge in [0.15, 0.2) is 0 Å². The number of carbonyl (C=O) groups is 1. The number of hydrogen-bond acceptors (Lipinski definition) is 3. The molecule has 1 aromatic carbocycles. The Hall–Kier alpha value is -2.21. The fraction of sp³-hybridized carbons (Fsp3) is 0.591. The summed E-state index contributed by atoms with van der Waals surface area (Å²) in [5.74, 6) is 0.650. The van der Waals surface area contributed by atoms with Gasteiger partial charge in [-0.05, 0) is 43.7 Å². The number of nitrogens with zero attached hydrogens (tertiary/aromatic N) is 2. The van der Waals surface area contributed by atoms with Crippen LogP contribution in [0.4, 0.5) is 0 Å². The highest BCUT2D eigenvalue weighted by atomic mass is 16.2. The van der Waals surface area contributed by atoms with E-state index in [9.17, 15) is 9.59 Å². The SMILES string of the molecule is C[C@H](c1nc2ccccc2c(=O)[nH]1)N(CCCCCC[NH3+])C(=O)CC(C)(C)C. The minimum absolute atomic E-state index is 0.0901. The zero-order valence-corrected chi connectivity index (χ0v) is 17.8. The molecule has 28 heavy (non-hydrogen) atoms. The van der Waals surface area contributed by atoms with Crippen molar-refractivity contribution in [1.82, 2.24) is 14.9 Å². The van der Waals surface area contributed by atoms with Crippen molar-refractivity contribution in [2.75, 3.05) is 13.1 Å². The van der Waals surface area contributed by atoms with Gasteiger partial charge in [-0.15, -0.1) is 0 Å². The van der Waals surface area contributed by atoms with Gasteiger partial charge in [0.1, 0.15) is 5.82 Å². The van der Waals surface area contributed by atoms with Gasteiger partial charge in [-0.3, -0.25) is 9.59 Å². The van der Waals surface area contributed by atoms with Crippen molar-refractivity contribution in [1.29, 1.82) is 0 Å². The third-order valence-corrected chi connectivity index (χ3v) is 4.90. The zero-order chi connectivity index (χ0) is 20.7. The number of aromatic amines is 1. The molecule has 0 saturated carbocycles. The number of hydrogen-bond donors (Lipinski definition) is 2. The summed E-state index contributed by atoms with van der Waals surface area (Å²) in [5.41, 5.74) is 4.29. The molecule has 6 heteroatoms. The number of rotatable bonds is 9. The molecule has 1 heterocycles. The Morgan fingerprint density at radius 3 is 2.54 bits per heavy atom. The molecule has 2 rings (SSSR count). The average molecular weight is 388 g/mol. The molecule has 0 aliphatic carbocycles. The Kier molecular flexibility index (Phi) is 7.75. The molecule has 1 amide bonds. The van der Waals surface area contributed by atoms with Gasteiger partial charge in [0, 0.05) is 13.0 Å². The first-order valence-electron chi connectivity index (χ1n) is 10.3. The summed E-state index contributed by atoms with van der Waals surface area (Å²) in [6.07, 6.45) is 4.73. The van der Waals surface area contributed by atoms with E-state index in [1.807, 2.05) is 30.0 Å². The van der Waals surface area contributed by atoms with Crippen molar-refractivity contribution in [3.63, 3.8) is 0 Å². The van der Waals surface area contributed by atoms with Crippen LogP contribution in [0.1, 0.15) is 71.7 Å². The highest BCUT2D eigenvalue weighted by Gasteiger charge is 2.27. The van der Waals surface area contributed by atoms with Gasteiger partial charge < -0.3 is 15.6 Å². The Balaban J connectivity index is 2.25. The minimum Gasteiger partial charge on any atom is -0.358 e. The van der Waals surface area contributed by atoms with E-state index in [0.717, 1.165) is 32.2 Å². The van der Waals surface area contributed by atoms with Crippen LogP contribution in [0, 0.1) is 5.41 Å². The van der Waals surface area contributed by atoms with Gasteiger partial charge in [-0.1, -0.05) is 39.3 Å². The van der Waals surface area contributed by atoms with Crippen molar-refractivity contribution < 1.29 is 10.5 Å². The Labute approximate surface area is 167 Å². The molecule has 0 radical (unpaired) electrons. The number of para-hydroxylation sites is 1. The highest BCUT2D eigenvalue weighted by molar-refractivity contribution is 5.78. The van der Waals surface area contributed by atoms with Crippen LogP contribution < -0.4 is 11.3 Å². The monoisotopic (exact) mass is 387 g/mol. The van der Waals surface area contributed by atoms with Crippen molar-refractivity contribution in [3.8, 4) is 0 Å². The molecular weight excluding hydrogens is 352 g/mol. The van der Waals surface area contributed by atoms with Crippen LogP contribution in [-0.2, 0) is 4.79 Å². The minimum atomic E-state index is -0.278. The molecular formula is C22H35N4O2+. The lowest BCUT2D eigenvalue weighted by molar-refractivity contribution is -0.368. The third kappa shape index (κ3) is 6.16. The second-order valence-corrected chi connectivity index (χ2v) is 8.74. The van der Waals surface area contributed by atoms with Gasteiger partial charge in [0.25, 0.3) is 5.56 Å². The average Bonchev–Trinajstić information content (AvgIpc) is 2.62. The summed E-state index contributed by atoms with van der Waals surface area (Å²) in [4.78, 5) is 34.9. The molecule has 4 N–H and O–H groups in total. The number of amides is 1. The van der Waals surface area contributed by atoms with E-state index in [0.29, 0.717) is 29.7 Å². The molecule has 1 aromatic heterocycles. The summed E-state index contributed by atoms with van der Waals surface area (Å²) in [5, 5.41) is 0.569. The number of benzene rings is 1. The summed E-state index contributed by atoms with van der Waals surface area (Å²) < 4.78 is 0. The van der Waals surface area contributed by atoms with Crippen LogP contribution in [0.3, 0.4) is 0 Å². The number of quaternary nitrogens is 1. The topological polar surface area (TPSA) is 93.7 Å². The van der Waals surface area contributed by atoms with Crippen LogP contribution in [0.5, 0.6) is 0 Å². The molecule has 154 valence electrons. The van der Waals surface area contributed by atoms with Gasteiger partial charge in [0.05, 0.1) is 23.5 Å². The highest BCUT2D eigenvalue weighted by Crippen LogP contribution is 2.25. The van der Waals surface area contributed by atoms with E-state index in [2.05, 4.69) is 36.5 Å². The Morgan fingerprint density at radius 2 is 1.86 bits per heavy atom. The lowest BCUT2D eigenvalue weighted by atomic mass is 9.91. The Morgan fingerprint density at radius 1 is 1.18 bits per heavy atom. The van der Waals surface area contributed by atoms with Crippen LogP contribution in [0.25, 0.3) is 10.9 Å². The molecule has 6 nitrogen and oxygen atoms in total. The summed E-state index contributed by atoms with van der Waals surface area (Å²) in [6, 6.07) is 7.02. The van der Waals surface area contributed by atoms with E-state index in [1.165, 1.54) is 0 Å². The standard InChI is InChI=1S/C22H34N4O2/c1-16(20-24-18-12-8-7-11-17(18)21(28)25-20)26(14-10-6-5-9-13-23)19(27)15-22(2,3)4/h7-8,11-12,16H,5-6,9-10,13-15,23H2,1-4H3,(H,24,25,28)/p+1/t16-/m1/s1. The van der Waals surface area contributed by atoms with Gasteiger partial charge >= 0.3 is 0 Å². The van der Waals surface area contributed by atoms with E-state index >= 15 is 0 Å². The number of H-pyrrole nitrogens is 1. The zero-order valence-electron chi connectivity index (χ0n) is 17.8. The van der Waals surface area contributed by atoms with Crippen molar-refractivity contribution >= 4 is 16.8 Å². The molecule has 2 aromatic rings. The molecule has 0 fully saturated rings. The van der Waals surface area contributed by atoms with Crippen LogP contribution in [0.15, 0.2) is 29.1 Å². The maximum atomic E-state index is 13.0. The number of unbranched alkanes of at least 4 members (excludes halogenated alkanes) is 3. The molecule has 0 aliphatic rings. The van der Waals surface area contributed by atoms with Gasteiger partial charge in [-0.2, -0.15) is 0 Å². The first kappa shape index (κ1) is 22.1. The number of fused-ring (bicyclic) bond motifs is 1. The first-order valence-corrected chi connectivity index (χ1v) is 10.3. The summed E-state index contributed by atoms with van der Waals surface area (Å²) >= 11 is 0. The third-order valence-electron chi connectivity index (χ3n) is 4.90. The Bertz CT molecular complexity index is 838. The quantitative estimate of drug-likeness (QED) is 0.648. The molecule has 1 atom stereocenters. The normalized spacial score (nSPS) is 12.9. The molecule has 0 spiro atoms. The van der Waals surface area contributed by atoms with Crippen LogP contribution in [-0.4, -0.2) is 33.9 Å². The number of aromatic nitrogens is 2. The van der Waals surface area contributed by atoms with E-state index in [4.69, 9.17) is 0 Å². The first-order chi connectivity index (χ1) is 13.2. The molecule has 0 saturated heterocycles. The van der Waals surface area contributed by atoms with Gasteiger partial charge in [-0.25, -0.2) is 4.98 Å². The second kappa shape index (κ2) is 9.82. The van der Waals surface area contributed by atoms with Crippen LogP contribution >= 0.6 is 0 Å². The second-order valence-electron chi connectivity index (χ2n) is 8.74. The van der Waals surface area contributed by atoms with E-state index in [-0.39, 0.29) is 22.9 Å². The largest absolute Gasteiger partial charge is 0.358 e. The number of carbonyl (C=O) groups excluding carboxylic acids is 1. The summed E-state index contributed by atoms with van der Waals surface area (Å²) in [6.45, 7) is 9.77. The van der Waals surface area contributed by atoms with Gasteiger partial charge in [0.2, 0.25) is 5.91 Å². The van der Waals surface area contributed by atoms with Crippen molar-refractivity contribution in [3.05, 3.63) is 40.4 Å². The maximum Gasteiger partial charge on any atom is 0.258 e. The van der Waals surface area contributed by atoms with E-state index < -0.39 is 0 Å². The molecule has 0 bridgehead atoms. The van der Waals surface area contributed by atoms with Crippen molar-refractivity contribution in [2.45, 2.75) is 65.8 Å². The lowest BCUT2D eigenvalue weighted by Gasteiger charge is -2.31. The smallest absolute Gasteiger partial charge is 0.258 e. The molecule has 0 unspecified atom stereocenters. The predicted molar refractivity (Wildman–Crippen MR) is 113 cm³/mol. The fourth-order valence-electron chi connectivity index (χ4n) is 3.35. The predicted octanol–water partition coefficient (Wildman–Crippen LogP) is 3.05.